The molecule has 0 saturated heterocycles. The smallest absolute Gasteiger partial charge is 0.259 e. The summed E-state index contributed by atoms with van der Waals surface area (Å²) in [6, 6.07) is 0. The highest BCUT2D eigenvalue weighted by Gasteiger charge is 2.24. The third kappa shape index (κ3) is 15.2. The molecule has 0 aromatic rings. The molecule has 0 aliphatic rings. The fraction of sp³-hybridized carbons (Fsp3) is 1.00. The molecule has 0 heterocycles. The van der Waals surface area contributed by atoms with Crippen molar-refractivity contribution in [2.45, 2.75) is 136 Å². The lowest BCUT2D eigenvalue weighted by Crippen LogP contribution is -2.27. The summed E-state index contributed by atoms with van der Waals surface area (Å²) in [6.07, 6.45) is 22.0. The van der Waals surface area contributed by atoms with Gasteiger partial charge in [0.1, 0.15) is 0 Å². The van der Waals surface area contributed by atoms with Crippen LogP contribution in [0, 0.1) is 0 Å². The molecule has 0 rings (SSSR count). The highest BCUT2D eigenvalue weighted by molar-refractivity contribution is 8.39. The highest BCUT2D eigenvalue weighted by Crippen LogP contribution is 2.46. The van der Waals surface area contributed by atoms with E-state index < -0.39 is 15.9 Å². The van der Waals surface area contributed by atoms with Crippen molar-refractivity contribution in [1.29, 1.82) is 0 Å². The van der Waals surface area contributed by atoms with Crippen molar-refractivity contribution in [3.8, 4) is 0 Å². The molecule has 0 fully saturated rings. The van der Waals surface area contributed by atoms with Crippen molar-refractivity contribution in [2.75, 3.05) is 17.3 Å². The normalized spacial score (nSPS) is 13.2. The van der Waals surface area contributed by atoms with Crippen LogP contribution in [0.5, 0.6) is 0 Å². The van der Waals surface area contributed by atoms with Gasteiger partial charge >= 0.3 is 0 Å². The minimum Gasteiger partial charge on any atom is -0.330 e. The Morgan fingerprint density at radius 2 is 0.655 bits per heavy atom. The van der Waals surface area contributed by atoms with Crippen LogP contribution < -0.4 is 0 Å². The van der Waals surface area contributed by atoms with E-state index in [-0.39, 0.29) is 0 Å². The minimum atomic E-state index is -3.73. The second-order valence-electron chi connectivity index (χ2n) is 9.11. The molecule has 0 aromatic carbocycles. The van der Waals surface area contributed by atoms with E-state index in [1.54, 1.807) is 0 Å². The Bertz CT molecular complexity index is 378. The molecule has 0 unspecified atom stereocenters. The Balaban J connectivity index is 4.79. The van der Waals surface area contributed by atoms with Crippen molar-refractivity contribution < 1.29 is 14.7 Å². The maximum Gasteiger partial charge on any atom is 0.259 e. The molecule has 0 spiro atoms. The van der Waals surface area contributed by atoms with Crippen LogP contribution in [-0.4, -0.2) is 31.9 Å². The van der Waals surface area contributed by atoms with Gasteiger partial charge in [-0.2, -0.15) is 9.21 Å². The van der Waals surface area contributed by atoms with Crippen LogP contribution in [0.3, 0.4) is 0 Å². The van der Waals surface area contributed by atoms with Gasteiger partial charge in [0.15, 0.2) is 0 Å². The number of hydrogen-bond donors (Lipinski definition) is 4. The highest BCUT2D eigenvalue weighted by atomic mass is 32.6. The second kappa shape index (κ2) is 19.4. The lowest BCUT2D eigenvalue weighted by atomic mass is 10.1. The third-order valence-electron chi connectivity index (χ3n) is 6.35. The summed E-state index contributed by atoms with van der Waals surface area (Å²) >= 11 is 0. The SMILES string of the molecule is CCCCCCCC[SH](CCCCCCCC)(CCCCCCCC)=P(O)(O)O. The van der Waals surface area contributed by atoms with Crippen LogP contribution in [0.2, 0.25) is 0 Å². The van der Waals surface area contributed by atoms with Crippen LogP contribution in [-0.2, 0) is 9.21 Å². The first-order valence-corrected chi connectivity index (χ1v) is 17.6. The van der Waals surface area contributed by atoms with E-state index in [1.807, 2.05) is 0 Å². The molecule has 0 aromatic heterocycles. The van der Waals surface area contributed by atoms with Crippen LogP contribution >= 0.6 is 6.72 Å². The van der Waals surface area contributed by atoms with Gasteiger partial charge in [-0.05, 0) is 36.5 Å². The van der Waals surface area contributed by atoms with Crippen LogP contribution in [0.25, 0.3) is 0 Å². The summed E-state index contributed by atoms with van der Waals surface area (Å²) in [5.74, 6) is 2.67. The number of hydrogen-bond acceptors (Lipinski definition) is 0. The number of unbranched alkanes of at least 4 members (excludes halogenated alkanes) is 15. The molecule has 0 aliphatic heterocycles. The van der Waals surface area contributed by atoms with Crippen molar-refractivity contribution >= 4 is 15.9 Å². The van der Waals surface area contributed by atoms with Gasteiger partial charge in [0.05, 0.1) is 0 Å². The van der Waals surface area contributed by atoms with Gasteiger partial charge in [-0.15, -0.1) is 0 Å². The van der Waals surface area contributed by atoms with Crippen LogP contribution in [0.1, 0.15) is 136 Å². The molecule has 0 atom stereocenters. The summed E-state index contributed by atoms with van der Waals surface area (Å²) < 4.78 is 0. The second-order valence-corrected chi connectivity index (χ2v) is 17.9. The van der Waals surface area contributed by atoms with Gasteiger partial charge in [-0.3, -0.25) is 0 Å². The maximum atomic E-state index is 10.5. The molecule has 0 amide bonds. The van der Waals surface area contributed by atoms with Gasteiger partial charge < -0.3 is 14.7 Å². The van der Waals surface area contributed by atoms with Gasteiger partial charge in [0.25, 0.3) is 6.72 Å². The molecule has 5 heteroatoms. The van der Waals surface area contributed by atoms with Gasteiger partial charge in [0, 0.05) is 0 Å². The summed E-state index contributed by atoms with van der Waals surface area (Å²) in [5.41, 5.74) is 0. The van der Waals surface area contributed by atoms with Gasteiger partial charge in [-0.25, -0.2) is 0 Å². The molecule has 3 nitrogen and oxygen atoms in total. The third-order valence-corrected chi connectivity index (χ3v) is 16.2. The Morgan fingerprint density at radius 1 is 0.414 bits per heavy atom. The van der Waals surface area contributed by atoms with E-state index in [9.17, 15) is 14.7 Å². The first-order chi connectivity index (χ1) is 13.9. The first kappa shape index (κ1) is 29.7. The van der Waals surface area contributed by atoms with E-state index in [4.69, 9.17) is 0 Å². The molecule has 0 radical (unpaired) electrons. The zero-order valence-corrected chi connectivity index (χ0v) is 21.9. The van der Waals surface area contributed by atoms with Crippen molar-refractivity contribution in [3.63, 3.8) is 0 Å². The van der Waals surface area contributed by atoms with Crippen molar-refractivity contribution in [2.24, 2.45) is 0 Å². The summed E-state index contributed by atoms with van der Waals surface area (Å²) in [4.78, 5) is 31.6. The van der Waals surface area contributed by atoms with Gasteiger partial charge in [0.2, 0.25) is 0 Å². The zero-order valence-electron chi connectivity index (χ0n) is 20.1. The van der Waals surface area contributed by atoms with E-state index in [2.05, 4.69) is 20.8 Å². The monoisotopic (exact) mass is 454 g/mol. The topological polar surface area (TPSA) is 60.7 Å². The average molecular weight is 455 g/mol. The molecule has 0 saturated carbocycles. The van der Waals surface area contributed by atoms with Crippen molar-refractivity contribution in [3.05, 3.63) is 0 Å². The van der Waals surface area contributed by atoms with Gasteiger partial charge in [-0.1, -0.05) is 117 Å². The molecular weight excluding hydrogens is 399 g/mol. The van der Waals surface area contributed by atoms with E-state index in [1.165, 1.54) is 96.3 Å². The van der Waals surface area contributed by atoms with Crippen LogP contribution in [0.4, 0.5) is 0 Å². The molecule has 0 aliphatic carbocycles. The summed E-state index contributed by atoms with van der Waals surface area (Å²) in [7, 11) is -2.07. The lowest BCUT2D eigenvalue weighted by Gasteiger charge is -2.35. The van der Waals surface area contributed by atoms with Crippen LogP contribution in [0.15, 0.2) is 0 Å². The summed E-state index contributed by atoms with van der Waals surface area (Å²) in [5, 5.41) is 0. The average Bonchev–Trinajstić information content (AvgIpc) is 2.68. The Hall–Kier alpha value is 0.660. The van der Waals surface area contributed by atoms with E-state index in [0.29, 0.717) is 0 Å². The quantitative estimate of drug-likeness (QED) is 0.0820. The Kier molecular flexibility index (Phi) is 19.8. The predicted molar refractivity (Wildman–Crippen MR) is 137 cm³/mol. The fourth-order valence-electron chi connectivity index (χ4n) is 4.30. The first-order valence-electron chi connectivity index (χ1n) is 12.9. The standard InChI is InChI=1S/C24H55O3PS/c1-4-7-10-13-16-19-22-29(28(25,26)27,23-20-17-14-11-8-5-2)24-21-18-15-12-9-6-3/h25-27,29H,4-24H2,1-3H3. The molecule has 29 heavy (non-hydrogen) atoms. The molecule has 0 bridgehead atoms. The van der Waals surface area contributed by atoms with E-state index >= 15 is 0 Å². The van der Waals surface area contributed by atoms with Crippen molar-refractivity contribution in [1.82, 2.24) is 0 Å². The lowest BCUT2D eigenvalue weighted by molar-refractivity contribution is 0.362. The molecule has 3 N–H and O–H groups in total. The largest absolute Gasteiger partial charge is 0.330 e. The van der Waals surface area contributed by atoms with E-state index in [0.717, 1.165) is 36.5 Å². The number of thiol groups is 1. The summed E-state index contributed by atoms with van der Waals surface area (Å²) in [6.45, 7) is 2.98. The molecule has 180 valence electrons. The minimum absolute atomic E-state index is 0.889. The zero-order chi connectivity index (χ0) is 21.8. The predicted octanol–water partition coefficient (Wildman–Crippen LogP) is 7.61. The fourth-order valence-corrected chi connectivity index (χ4v) is 11.9. The number of rotatable bonds is 21. The maximum absolute atomic E-state index is 10.5. The molecular formula is C24H55O3PS. The Labute approximate surface area is 184 Å². The Morgan fingerprint density at radius 3 is 0.897 bits per heavy atom.